The molecule has 0 unspecified atom stereocenters. The van der Waals surface area contributed by atoms with Gasteiger partial charge in [0.25, 0.3) is 0 Å². The molecule has 0 aromatic heterocycles. The smallest absolute Gasteiger partial charge is 0.291 e. The largest absolute Gasteiger partial charge is 0.333 e. The summed E-state index contributed by atoms with van der Waals surface area (Å²) in [5.74, 6) is -0.513. The minimum atomic E-state index is -0.733. The molecule has 1 aliphatic rings. The maximum absolute atomic E-state index is 12.5. The quantitative estimate of drug-likeness (QED) is 0.848. The van der Waals surface area contributed by atoms with Crippen LogP contribution < -0.4 is 10.2 Å². The summed E-state index contributed by atoms with van der Waals surface area (Å²) < 4.78 is 0. The summed E-state index contributed by atoms with van der Waals surface area (Å²) in [6.45, 7) is 3.26. The number of carbonyl (C=O) groups is 3. The number of nitrogens with one attached hydrogen (secondary N) is 1. The lowest BCUT2D eigenvalue weighted by Crippen LogP contribution is -2.48. The van der Waals surface area contributed by atoms with E-state index in [2.05, 4.69) is 5.32 Å². The molecule has 5 amide bonds. The van der Waals surface area contributed by atoms with E-state index in [1.165, 1.54) is 4.90 Å². The third-order valence-corrected chi connectivity index (χ3v) is 3.31. The van der Waals surface area contributed by atoms with E-state index < -0.39 is 18.0 Å². The van der Waals surface area contributed by atoms with Crippen LogP contribution in [0.3, 0.4) is 0 Å². The fourth-order valence-electron chi connectivity index (χ4n) is 2.03. The Balaban J connectivity index is 2.37. The molecule has 0 spiro atoms. The molecule has 1 aromatic rings. The van der Waals surface area contributed by atoms with Gasteiger partial charge in [0.2, 0.25) is 5.91 Å². The van der Waals surface area contributed by atoms with Crippen LogP contribution in [-0.4, -0.2) is 35.5 Å². The first-order valence-electron chi connectivity index (χ1n) is 6.20. The van der Waals surface area contributed by atoms with E-state index in [1.54, 1.807) is 32.0 Å². The van der Waals surface area contributed by atoms with E-state index in [0.29, 0.717) is 15.7 Å². The summed E-state index contributed by atoms with van der Waals surface area (Å²) in [6.07, 6.45) is 0. The number of rotatable bonds is 2. The van der Waals surface area contributed by atoms with Crippen LogP contribution in [0, 0.1) is 0 Å². The van der Waals surface area contributed by atoms with Crippen molar-refractivity contribution >= 4 is 46.9 Å². The van der Waals surface area contributed by atoms with Gasteiger partial charge in [-0.05, 0) is 32.0 Å². The van der Waals surface area contributed by atoms with Crippen LogP contribution in [0.2, 0.25) is 10.0 Å². The summed E-state index contributed by atoms with van der Waals surface area (Å²) in [4.78, 5) is 37.6. The maximum Gasteiger partial charge on any atom is 0.333 e. The normalized spacial score (nSPS) is 14.6. The van der Waals surface area contributed by atoms with Gasteiger partial charge in [-0.3, -0.25) is 15.0 Å². The summed E-state index contributed by atoms with van der Waals surface area (Å²) in [6, 6.07) is 3.09. The zero-order valence-electron chi connectivity index (χ0n) is 11.4. The number of anilines is 1. The number of urea groups is 2. The van der Waals surface area contributed by atoms with Crippen LogP contribution in [0.4, 0.5) is 15.3 Å². The van der Waals surface area contributed by atoms with Crippen molar-refractivity contribution in [2.75, 3.05) is 11.4 Å². The van der Waals surface area contributed by atoms with Crippen LogP contribution in [0.15, 0.2) is 18.2 Å². The summed E-state index contributed by atoms with van der Waals surface area (Å²) in [5, 5.41) is 2.81. The Labute approximate surface area is 131 Å². The van der Waals surface area contributed by atoms with Gasteiger partial charge in [-0.1, -0.05) is 23.2 Å². The molecule has 1 heterocycles. The Kier molecular flexibility index (Phi) is 4.39. The fourth-order valence-corrected chi connectivity index (χ4v) is 2.55. The Morgan fingerprint density at radius 1 is 1.24 bits per heavy atom. The predicted octanol–water partition coefficient (Wildman–Crippen LogP) is 2.88. The first-order chi connectivity index (χ1) is 9.79. The van der Waals surface area contributed by atoms with Crippen molar-refractivity contribution in [3.05, 3.63) is 28.2 Å². The highest BCUT2D eigenvalue weighted by molar-refractivity contribution is 6.35. The lowest BCUT2D eigenvalue weighted by atomic mass is 10.2. The van der Waals surface area contributed by atoms with E-state index in [1.807, 2.05) is 0 Å². The molecule has 1 aromatic carbocycles. The molecule has 1 N–H and O–H groups in total. The summed E-state index contributed by atoms with van der Waals surface area (Å²) in [7, 11) is 0. The molecule has 0 bridgehead atoms. The summed E-state index contributed by atoms with van der Waals surface area (Å²) >= 11 is 11.9. The van der Waals surface area contributed by atoms with E-state index in [-0.39, 0.29) is 12.6 Å². The Hall–Kier alpha value is -1.79. The van der Waals surface area contributed by atoms with Gasteiger partial charge in [0.1, 0.15) is 6.54 Å². The monoisotopic (exact) mass is 329 g/mol. The van der Waals surface area contributed by atoms with Crippen LogP contribution in [0.25, 0.3) is 0 Å². The fraction of sp³-hybridized carbons (Fsp3) is 0.308. The molecule has 0 aliphatic carbocycles. The first kappa shape index (κ1) is 15.6. The Morgan fingerprint density at radius 2 is 1.81 bits per heavy atom. The predicted molar refractivity (Wildman–Crippen MR) is 79.7 cm³/mol. The first-order valence-corrected chi connectivity index (χ1v) is 6.96. The molecule has 1 saturated heterocycles. The van der Waals surface area contributed by atoms with Gasteiger partial charge in [0, 0.05) is 21.8 Å². The maximum atomic E-state index is 12.5. The number of carbonyl (C=O) groups excluding carboxylic acids is 3. The minimum absolute atomic E-state index is 0.254. The third kappa shape index (κ3) is 3.28. The van der Waals surface area contributed by atoms with Crippen molar-refractivity contribution in [3.8, 4) is 0 Å². The molecule has 2 rings (SSSR count). The van der Waals surface area contributed by atoms with Crippen LogP contribution in [-0.2, 0) is 4.79 Å². The molecule has 21 heavy (non-hydrogen) atoms. The second kappa shape index (κ2) is 5.91. The highest BCUT2D eigenvalue weighted by atomic mass is 35.5. The van der Waals surface area contributed by atoms with Crippen molar-refractivity contribution in [1.29, 1.82) is 0 Å². The summed E-state index contributed by atoms with van der Waals surface area (Å²) in [5.41, 5.74) is 0.458. The van der Waals surface area contributed by atoms with Crippen LogP contribution >= 0.6 is 23.2 Å². The molecule has 8 heteroatoms. The van der Waals surface area contributed by atoms with E-state index in [0.717, 1.165) is 4.90 Å². The third-order valence-electron chi connectivity index (χ3n) is 2.87. The average Bonchev–Trinajstić information content (AvgIpc) is 2.66. The second-order valence-corrected chi connectivity index (χ2v) is 5.69. The molecule has 1 fully saturated rings. The van der Waals surface area contributed by atoms with E-state index in [4.69, 9.17) is 23.2 Å². The molecule has 112 valence electrons. The molecule has 1 aliphatic heterocycles. The van der Waals surface area contributed by atoms with Gasteiger partial charge in [-0.25, -0.2) is 14.5 Å². The van der Waals surface area contributed by atoms with Gasteiger partial charge in [-0.15, -0.1) is 0 Å². The Bertz CT molecular complexity index is 598. The lowest BCUT2D eigenvalue weighted by molar-refractivity contribution is -0.118. The SMILES string of the molecule is CC(C)N(C(=O)N1CC(=O)NC1=O)c1cc(Cl)cc(Cl)c1. The molecule has 0 radical (unpaired) electrons. The van der Waals surface area contributed by atoms with Crippen molar-refractivity contribution in [2.45, 2.75) is 19.9 Å². The number of hydrogen-bond donors (Lipinski definition) is 1. The highest BCUT2D eigenvalue weighted by Crippen LogP contribution is 2.28. The molecule has 0 saturated carbocycles. The van der Waals surface area contributed by atoms with Crippen molar-refractivity contribution < 1.29 is 14.4 Å². The van der Waals surface area contributed by atoms with Gasteiger partial charge in [-0.2, -0.15) is 0 Å². The lowest BCUT2D eigenvalue weighted by Gasteiger charge is -2.29. The van der Waals surface area contributed by atoms with Gasteiger partial charge in [0.05, 0.1) is 0 Å². The van der Waals surface area contributed by atoms with Crippen LogP contribution in [0.1, 0.15) is 13.8 Å². The van der Waals surface area contributed by atoms with Crippen molar-refractivity contribution in [2.24, 2.45) is 0 Å². The average molecular weight is 330 g/mol. The number of benzene rings is 1. The zero-order chi connectivity index (χ0) is 15.7. The number of nitrogens with zero attached hydrogens (tertiary/aromatic N) is 2. The Morgan fingerprint density at radius 3 is 2.24 bits per heavy atom. The topological polar surface area (TPSA) is 69.7 Å². The second-order valence-electron chi connectivity index (χ2n) is 4.81. The van der Waals surface area contributed by atoms with E-state index >= 15 is 0 Å². The molecule has 6 nitrogen and oxygen atoms in total. The zero-order valence-corrected chi connectivity index (χ0v) is 12.9. The van der Waals surface area contributed by atoms with Crippen molar-refractivity contribution in [1.82, 2.24) is 10.2 Å². The number of imide groups is 2. The molecular weight excluding hydrogens is 317 g/mol. The number of amides is 5. The minimum Gasteiger partial charge on any atom is -0.291 e. The number of halogens is 2. The standard InChI is InChI=1S/C13H13Cl2N3O3/c1-7(2)18(10-4-8(14)3-9(15)5-10)13(21)17-6-11(19)16-12(17)20/h3-5,7H,6H2,1-2H3,(H,16,19,20). The molecular formula is C13H13Cl2N3O3. The number of hydrogen-bond acceptors (Lipinski definition) is 3. The molecule has 0 atom stereocenters. The highest BCUT2D eigenvalue weighted by Gasteiger charge is 2.36. The van der Waals surface area contributed by atoms with Gasteiger partial charge >= 0.3 is 12.1 Å². The van der Waals surface area contributed by atoms with Crippen LogP contribution in [0.5, 0.6) is 0 Å². The van der Waals surface area contributed by atoms with E-state index in [9.17, 15) is 14.4 Å². The van der Waals surface area contributed by atoms with Crippen molar-refractivity contribution in [3.63, 3.8) is 0 Å². The van der Waals surface area contributed by atoms with Gasteiger partial charge in [0.15, 0.2) is 0 Å². The van der Waals surface area contributed by atoms with Gasteiger partial charge < -0.3 is 0 Å².